The molecule has 0 radical (unpaired) electrons. The third kappa shape index (κ3) is 4.28. The molecule has 3 aromatic rings. The van der Waals surface area contributed by atoms with Gasteiger partial charge in [-0.15, -0.1) is 5.10 Å². The summed E-state index contributed by atoms with van der Waals surface area (Å²) in [6.45, 7) is 13.0. The van der Waals surface area contributed by atoms with Crippen molar-refractivity contribution in [2.24, 2.45) is 5.92 Å². The number of fused-ring (bicyclic) bond motifs is 1. The van der Waals surface area contributed by atoms with Crippen LogP contribution in [0.1, 0.15) is 71.3 Å². The van der Waals surface area contributed by atoms with Crippen molar-refractivity contribution in [3.8, 4) is 5.75 Å². The molecule has 0 aliphatic carbocycles. The van der Waals surface area contributed by atoms with E-state index in [4.69, 9.17) is 4.74 Å². The molecule has 1 fully saturated rings. The van der Waals surface area contributed by atoms with Crippen molar-refractivity contribution in [2.75, 3.05) is 19.7 Å². The highest BCUT2D eigenvalue weighted by Crippen LogP contribution is 2.33. The standard InChI is InChI=1S/C24H34N6O2/c1-6-24(4,5)30-22(26-27-28-30)21(29-12-8-9-16(3)15-29)19-14-17-13-18(32-7-2)10-11-20(17)25-23(19)31/h10-11,13-14,16,21H,6-9,12,15H2,1-5H3,(H,25,31)/t16-,21+/m1/s1. The third-order valence-electron chi connectivity index (χ3n) is 6.68. The molecule has 2 aromatic heterocycles. The van der Waals surface area contributed by atoms with Crippen molar-refractivity contribution in [1.82, 2.24) is 30.1 Å². The van der Waals surface area contributed by atoms with Gasteiger partial charge in [0.2, 0.25) is 0 Å². The number of hydrogen-bond acceptors (Lipinski definition) is 6. The Balaban J connectivity index is 1.89. The van der Waals surface area contributed by atoms with E-state index in [9.17, 15) is 4.79 Å². The van der Waals surface area contributed by atoms with E-state index in [1.54, 1.807) is 0 Å². The lowest BCUT2D eigenvalue weighted by atomic mass is 9.94. The number of piperidine rings is 1. The van der Waals surface area contributed by atoms with Gasteiger partial charge in [-0.1, -0.05) is 13.8 Å². The number of pyridine rings is 1. The van der Waals surface area contributed by atoms with Crippen molar-refractivity contribution >= 4 is 10.9 Å². The molecule has 1 N–H and O–H groups in total. The highest BCUT2D eigenvalue weighted by Gasteiger charge is 2.35. The first-order valence-electron chi connectivity index (χ1n) is 11.7. The minimum Gasteiger partial charge on any atom is -0.494 e. The zero-order chi connectivity index (χ0) is 22.9. The second-order valence-electron chi connectivity index (χ2n) is 9.50. The monoisotopic (exact) mass is 438 g/mol. The van der Waals surface area contributed by atoms with Crippen LogP contribution in [0.5, 0.6) is 5.75 Å². The fourth-order valence-electron chi connectivity index (χ4n) is 4.57. The maximum atomic E-state index is 13.3. The molecule has 0 unspecified atom stereocenters. The van der Waals surface area contributed by atoms with Crippen molar-refractivity contribution < 1.29 is 4.74 Å². The van der Waals surface area contributed by atoms with Crippen molar-refractivity contribution in [1.29, 1.82) is 0 Å². The Bertz CT molecular complexity index is 1130. The molecule has 4 rings (SSSR count). The highest BCUT2D eigenvalue weighted by molar-refractivity contribution is 5.80. The quantitative estimate of drug-likeness (QED) is 0.602. The molecule has 0 saturated carbocycles. The van der Waals surface area contributed by atoms with E-state index in [-0.39, 0.29) is 17.1 Å². The van der Waals surface area contributed by atoms with E-state index < -0.39 is 0 Å². The molecule has 1 aliphatic rings. The highest BCUT2D eigenvalue weighted by atomic mass is 16.5. The van der Waals surface area contributed by atoms with Gasteiger partial charge in [-0.25, -0.2) is 4.68 Å². The number of tetrazole rings is 1. The molecule has 0 bridgehead atoms. The Morgan fingerprint density at radius 1 is 1.28 bits per heavy atom. The summed E-state index contributed by atoms with van der Waals surface area (Å²) in [5.41, 5.74) is 1.10. The Labute approximate surface area is 189 Å². The minimum atomic E-state index is -0.317. The summed E-state index contributed by atoms with van der Waals surface area (Å²) in [4.78, 5) is 18.8. The summed E-state index contributed by atoms with van der Waals surface area (Å²) >= 11 is 0. The van der Waals surface area contributed by atoms with Crippen LogP contribution in [-0.2, 0) is 5.54 Å². The van der Waals surface area contributed by atoms with Crippen LogP contribution >= 0.6 is 0 Å². The number of rotatable bonds is 7. The van der Waals surface area contributed by atoms with Gasteiger partial charge in [0.05, 0.1) is 12.1 Å². The van der Waals surface area contributed by atoms with Gasteiger partial charge in [-0.3, -0.25) is 9.69 Å². The predicted molar refractivity (Wildman–Crippen MR) is 125 cm³/mol. The molecule has 0 amide bonds. The largest absolute Gasteiger partial charge is 0.494 e. The van der Waals surface area contributed by atoms with Gasteiger partial charge < -0.3 is 9.72 Å². The molecular weight excluding hydrogens is 404 g/mol. The van der Waals surface area contributed by atoms with Crippen LogP contribution in [0.2, 0.25) is 0 Å². The maximum absolute atomic E-state index is 13.3. The van der Waals surface area contributed by atoms with Crippen LogP contribution in [-0.4, -0.2) is 49.8 Å². The smallest absolute Gasteiger partial charge is 0.253 e. The van der Waals surface area contributed by atoms with Gasteiger partial charge >= 0.3 is 0 Å². The fourth-order valence-corrected chi connectivity index (χ4v) is 4.57. The van der Waals surface area contributed by atoms with E-state index in [2.05, 4.69) is 53.1 Å². The maximum Gasteiger partial charge on any atom is 0.253 e. The van der Waals surface area contributed by atoms with Crippen molar-refractivity contribution in [3.05, 3.63) is 46.0 Å². The fraction of sp³-hybridized carbons (Fsp3) is 0.583. The molecule has 1 saturated heterocycles. The number of nitrogens with zero attached hydrogens (tertiary/aromatic N) is 5. The number of aromatic nitrogens is 5. The van der Waals surface area contributed by atoms with E-state index in [0.29, 0.717) is 18.1 Å². The van der Waals surface area contributed by atoms with Gasteiger partial charge in [-0.05, 0) is 87.2 Å². The lowest BCUT2D eigenvalue weighted by molar-refractivity contribution is 0.135. The topological polar surface area (TPSA) is 88.9 Å². The summed E-state index contributed by atoms with van der Waals surface area (Å²) in [5.74, 6) is 2.06. The van der Waals surface area contributed by atoms with Crippen LogP contribution in [0.3, 0.4) is 0 Å². The van der Waals surface area contributed by atoms with Gasteiger partial charge in [0.1, 0.15) is 11.8 Å². The van der Waals surface area contributed by atoms with Crippen LogP contribution in [0.25, 0.3) is 10.9 Å². The Kier molecular flexibility index (Phi) is 6.33. The molecule has 8 nitrogen and oxygen atoms in total. The second kappa shape index (κ2) is 9.02. The first kappa shape index (κ1) is 22.5. The first-order chi connectivity index (χ1) is 15.3. The second-order valence-corrected chi connectivity index (χ2v) is 9.50. The van der Waals surface area contributed by atoms with Crippen LogP contribution in [0.4, 0.5) is 0 Å². The van der Waals surface area contributed by atoms with Crippen LogP contribution < -0.4 is 10.3 Å². The average Bonchev–Trinajstić information content (AvgIpc) is 3.25. The first-order valence-corrected chi connectivity index (χ1v) is 11.7. The molecule has 0 spiro atoms. The predicted octanol–water partition coefficient (Wildman–Crippen LogP) is 3.88. The number of ether oxygens (including phenoxy) is 1. The summed E-state index contributed by atoms with van der Waals surface area (Å²) in [7, 11) is 0. The SMILES string of the molecule is CCOc1ccc2[nH]c(=O)c([C@@H](c3nnnn3C(C)(C)CC)N3CCC[C@@H](C)C3)cc2c1. The molecule has 32 heavy (non-hydrogen) atoms. The average molecular weight is 439 g/mol. The van der Waals surface area contributed by atoms with Gasteiger partial charge in [0.25, 0.3) is 5.56 Å². The summed E-state index contributed by atoms with van der Waals surface area (Å²) in [5, 5.41) is 13.8. The zero-order valence-electron chi connectivity index (χ0n) is 19.8. The van der Waals surface area contributed by atoms with Crippen LogP contribution in [0.15, 0.2) is 29.1 Å². The summed E-state index contributed by atoms with van der Waals surface area (Å²) in [6.07, 6.45) is 3.16. The normalized spacial score (nSPS) is 18.7. The molecule has 2 atom stereocenters. The number of aromatic amines is 1. The number of likely N-dealkylation sites (tertiary alicyclic amines) is 1. The molecule has 1 aromatic carbocycles. The number of hydrogen-bond donors (Lipinski definition) is 1. The van der Waals surface area contributed by atoms with Gasteiger partial charge in [0.15, 0.2) is 5.82 Å². The van der Waals surface area contributed by atoms with Gasteiger partial charge in [0, 0.05) is 23.0 Å². The number of benzene rings is 1. The third-order valence-corrected chi connectivity index (χ3v) is 6.68. The Morgan fingerprint density at radius 3 is 2.81 bits per heavy atom. The lowest BCUT2D eigenvalue weighted by Gasteiger charge is -2.37. The lowest BCUT2D eigenvalue weighted by Crippen LogP contribution is -2.42. The molecule has 8 heteroatoms. The molecule has 3 heterocycles. The summed E-state index contributed by atoms with van der Waals surface area (Å²) in [6, 6.07) is 7.43. The van der Waals surface area contributed by atoms with Gasteiger partial charge in [-0.2, -0.15) is 0 Å². The zero-order valence-corrected chi connectivity index (χ0v) is 19.8. The minimum absolute atomic E-state index is 0.103. The van der Waals surface area contributed by atoms with E-state index in [0.717, 1.165) is 48.4 Å². The number of H-pyrrole nitrogens is 1. The molecular formula is C24H34N6O2. The molecule has 1 aliphatic heterocycles. The summed E-state index contributed by atoms with van der Waals surface area (Å²) < 4.78 is 7.59. The van der Waals surface area contributed by atoms with E-state index >= 15 is 0 Å². The number of nitrogens with one attached hydrogen (secondary N) is 1. The van der Waals surface area contributed by atoms with Crippen molar-refractivity contribution in [2.45, 2.75) is 65.5 Å². The Morgan fingerprint density at radius 2 is 2.09 bits per heavy atom. The van der Waals surface area contributed by atoms with Crippen LogP contribution in [0, 0.1) is 5.92 Å². The molecule has 172 valence electrons. The Hall–Kier alpha value is -2.74. The van der Waals surface area contributed by atoms with E-state index in [1.807, 2.05) is 35.9 Å². The van der Waals surface area contributed by atoms with E-state index in [1.165, 1.54) is 6.42 Å². The van der Waals surface area contributed by atoms with Crippen molar-refractivity contribution in [3.63, 3.8) is 0 Å².